The molecule has 3 aromatic rings. The summed E-state index contributed by atoms with van der Waals surface area (Å²) in [6.45, 7) is 0.0166. The molecular formula is C18H13Cl2N3O2. The molecule has 0 saturated heterocycles. The van der Waals surface area contributed by atoms with E-state index in [9.17, 15) is 4.79 Å². The van der Waals surface area contributed by atoms with E-state index < -0.39 is 5.97 Å². The number of nitrogens with zero attached hydrogens (tertiary/aromatic N) is 2. The third-order valence-electron chi connectivity index (χ3n) is 3.40. The van der Waals surface area contributed by atoms with Gasteiger partial charge in [0.15, 0.2) is 5.69 Å². The van der Waals surface area contributed by atoms with Crippen LogP contribution in [0.15, 0.2) is 54.7 Å². The predicted molar refractivity (Wildman–Crippen MR) is 97.5 cm³/mol. The smallest absolute Gasteiger partial charge is 0.358 e. The summed E-state index contributed by atoms with van der Waals surface area (Å²) in [5, 5.41) is 0.657. The summed E-state index contributed by atoms with van der Waals surface area (Å²) in [6.07, 6.45) is 1.62. The summed E-state index contributed by atoms with van der Waals surface area (Å²) in [4.78, 5) is 20.7. The molecular weight excluding hydrogens is 361 g/mol. The van der Waals surface area contributed by atoms with Crippen LogP contribution >= 0.6 is 23.2 Å². The van der Waals surface area contributed by atoms with E-state index >= 15 is 0 Å². The van der Waals surface area contributed by atoms with Crippen molar-refractivity contribution in [3.63, 3.8) is 0 Å². The van der Waals surface area contributed by atoms with Crippen LogP contribution in [0.2, 0.25) is 10.0 Å². The SMILES string of the molecule is Nc1cc(-c2ccc(Cl)cc2)nc(C(=O)OCc2ccccn2)c1Cl. The highest BCUT2D eigenvalue weighted by molar-refractivity contribution is 6.35. The Bertz CT molecular complexity index is 900. The molecule has 0 aliphatic carbocycles. The van der Waals surface area contributed by atoms with Crippen LogP contribution in [0.5, 0.6) is 0 Å². The number of hydrogen-bond donors (Lipinski definition) is 1. The van der Waals surface area contributed by atoms with Gasteiger partial charge in [-0.05, 0) is 30.3 Å². The highest BCUT2D eigenvalue weighted by Crippen LogP contribution is 2.29. The number of benzene rings is 1. The summed E-state index contributed by atoms with van der Waals surface area (Å²) in [7, 11) is 0. The first-order valence-electron chi connectivity index (χ1n) is 7.33. The van der Waals surface area contributed by atoms with Gasteiger partial charge in [-0.2, -0.15) is 0 Å². The summed E-state index contributed by atoms with van der Waals surface area (Å²) >= 11 is 12.0. The Morgan fingerprint density at radius 2 is 1.88 bits per heavy atom. The molecule has 5 nitrogen and oxygen atoms in total. The fourth-order valence-corrected chi connectivity index (χ4v) is 2.44. The average molecular weight is 374 g/mol. The second-order valence-corrected chi connectivity index (χ2v) is 5.98. The van der Waals surface area contributed by atoms with E-state index in [2.05, 4.69) is 9.97 Å². The van der Waals surface area contributed by atoms with Gasteiger partial charge >= 0.3 is 5.97 Å². The first-order chi connectivity index (χ1) is 12.0. The second kappa shape index (κ2) is 7.51. The molecule has 0 fully saturated rings. The van der Waals surface area contributed by atoms with Crippen LogP contribution in [0.3, 0.4) is 0 Å². The first kappa shape index (κ1) is 17.2. The molecule has 0 aliphatic heterocycles. The van der Waals surface area contributed by atoms with E-state index in [1.54, 1.807) is 54.7 Å². The topological polar surface area (TPSA) is 78.1 Å². The van der Waals surface area contributed by atoms with Gasteiger partial charge in [0.1, 0.15) is 6.61 Å². The molecule has 7 heteroatoms. The lowest BCUT2D eigenvalue weighted by Gasteiger charge is -2.10. The number of pyridine rings is 2. The summed E-state index contributed by atoms with van der Waals surface area (Å²) in [5.41, 5.74) is 8.00. The zero-order chi connectivity index (χ0) is 17.8. The highest BCUT2D eigenvalue weighted by Gasteiger charge is 2.18. The maximum atomic E-state index is 12.4. The van der Waals surface area contributed by atoms with E-state index in [0.29, 0.717) is 16.4 Å². The predicted octanol–water partition coefficient (Wildman–Crippen LogP) is 4.39. The van der Waals surface area contributed by atoms with E-state index in [-0.39, 0.29) is 23.0 Å². The van der Waals surface area contributed by atoms with E-state index in [1.165, 1.54) is 0 Å². The summed E-state index contributed by atoms with van der Waals surface area (Å²) in [6, 6.07) is 13.9. The van der Waals surface area contributed by atoms with Crippen molar-refractivity contribution < 1.29 is 9.53 Å². The molecule has 126 valence electrons. The molecule has 0 aliphatic rings. The number of ether oxygens (including phenoxy) is 1. The number of esters is 1. The monoisotopic (exact) mass is 373 g/mol. The second-order valence-electron chi connectivity index (χ2n) is 5.16. The molecule has 25 heavy (non-hydrogen) atoms. The van der Waals surface area contributed by atoms with Crippen LogP contribution < -0.4 is 5.73 Å². The Kier molecular flexibility index (Phi) is 5.16. The molecule has 3 rings (SSSR count). The van der Waals surface area contributed by atoms with Gasteiger partial charge in [0.25, 0.3) is 0 Å². The normalized spacial score (nSPS) is 10.5. The molecule has 0 radical (unpaired) electrons. The molecule has 0 bridgehead atoms. The van der Waals surface area contributed by atoms with Gasteiger partial charge < -0.3 is 10.5 Å². The summed E-state index contributed by atoms with van der Waals surface area (Å²) in [5.74, 6) is -0.668. The van der Waals surface area contributed by atoms with Gasteiger partial charge in [-0.1, -0.05) is 41.4 Å². The third kappa shape index (κ3) is 4.07. The molecule has 0 unspecified atom stereocenters. The Morgan fingerprint density at radius 1 is 1.12 bits per heavy atom. The highest BCUT2D eigenvalue weighted by atomic mass is 35.5. The third-order valence-corrected chi connectivity index (χ3v) is 4.05. The molecule has 2 N–H and O–H groups in total. The van der Waals surface area contributed by atoms with Crippen molar-refractivity contribution in [2.45, 2.75) is 6.61 Å². The van der Waals surface area contributed by atoms with Crippen LogP contribution in [0.25, 0.3) is 11.3 Å². The van der Waals surface area contributed by atoms with Crippen LogP contribution in [0.4, 0.5) is 5.69 Å². The molecule has 2 aromatic heterocycles. The minimum atomic E-state index is -0.668. The minimum absolute atomic E-state index is 0.0166. The molecule has 0 saturated carbocycles. The molecule has 0 amide bonds. The number of aromatic nitrogens is 2. The van der Waals surface area contributed by atoms with Crippen molar-refractivity contribution in [1.82, 2.24) is 9.97 Å². The number of hydrogen-bond acceptors (Lipinski definition) is 5. The van der Waals surface area contributed by atoms with E-state index in [1.807, 2.05) is 0 Å². The van der Waals surface area contributed by atoms with Crippen molar-refractivity contribution in [1.29, 1.82) is 0 Å². The lowest BCUT2D eigenvalue weighted by molar-refractivity contribution is 0.0461. The van der Waals surface area contributed by atoms with Gasteiger partial charge in [0, 0.05) is 16.8 Å². The zero-order valence-electron chi connectivity index (χ0n) is 12.9. The Morgan fingerprint density at radius 3 is 2.56 bits per heavy atom. The number of rotatable bonds is 4. The largest absolute Gasteiger partial charge is 0.454 e. The van der Waals surface area contributed by atoms with Gasteiger partial charge in [0.2, 0.25) is 0 Å². The lowest BCUT2D eigenvalue weighted by Crippen LogP contribution is -2.11. The fraction of sp³-hybridized carbons (Fsp3) is 0.0556. The van der Waals surface area contributed by atoms with E-state index in [0.717, 1.165) is 5.56 Å². The van der Waals surface area contributed by atoms with Gasteiger partial charge in [-0.15, -0.1) is 0 Å². The fourth-order valence-electron chi connectivity index (χ4n) is 2.14. The van der Waals surface area contributed by atoms with Crippen LogP contribution in [0, 0.1) is 0 Å². The van der Waals surface area contributed by atoms with Crippen LogP contribution in [-0.4, -0.2) is 15.9 Å². The van der Waals surface area contributed by atoms with E-state index in [4.69, 9.17) is 33.7 Å². The van der Waals surface area contributed by atoms with Gasteiger partial charge in [-0.3, -0.25) is 4.98 Å². The zero-order valence-corrected chi connectivity index (χ0v) is 14.5. The number of carbonyl (C=O) groups is 1. The van der Waals surface area contributed by atoms with Crippen LogP contribution in [-0.2, 0) is 11.3 Å². The Hall–Kier alpha value is -2.63. The van der Waals surface area contributed by atoms with Crippen molar-refractivity contribution in [2.75, 3.05) is 5.73 Å². The van der Waals surface area contributed by atoms with Crippen molar-refractivity contribution >= 4 is 34.9 Å². The number of halogens is 2. The quantitative estimate of drug-likeness (QED) is 0.686. The average Bonchev–Trinajstić information content (AvgIpc) is 2.63. The number of anilines is 1. The number of nitrogens with two attached hydrogens (primary N) is 1. The first-order valence-corrected chi connectivity index (χ1v) is 8.09. The van der Waals surface area contributed by atoms with Crippen molar-refractivity contribution in [3.05, 3.63) is 76.2 Å². The molecule has 0 spiro atoms. The lowest BCUT2D eigenvalue weighted by atomic mass is 10.1. The number of nitrogen functional groups attached to an aromatic ring is 1. The molecule has 1 aromatic carbocycles. The Balaban J connectivity index is 1.87. The Labute approximate surface area is 154 Å². The molecule has 2 heterocycles. The van der Waals surface area contributed by atoms with Crippen LogP contribution in [0.1, 0.15) is 16.2 Å². The van der Waals surface area contributed by atoms with Gasteiger partial charge in [0.05, 0.1) is 22.1 Å². The minimum Gasteiger partial charge on any atom is -0.454 e. The summed E-state index contributed by atoms with van der Waals surface area (Å²) < 4.78 is 5.23. The maximum absolute atomic E-state index is 12.4. The number of carbonyl (C=O) groups excluding carboxylic acids is 1. The maximum Gasteiger partial charge on any atom is 0.358 e. The standard InChI is InChI=1S/C18H13Cl2N3O2/c19-12-6-4-11(5-7-12)15-9-14(21)16(20)17(23-15)18(24)25-10-13-3-1-2-8-22-13/h1-9H,10H2,(H2,21,23). The van der Waals surface area contributed by atoms with Crippen molar-refractivity contribution in [2.24, 2.45) is 0 Å². The van der Waals surface area contributed by atoms with Crippen molar-refractivity contribution in [3.8, 4) is 11.3 Å². The van der Waals surface area contributed by atoms with Gasteiger partial charge in [-0.25, -0.2) is 9.78 Å². The molecule has 0 atom stereocenters.